The van der Waals surface area contributed by atoms with Crippen LogP contribution in [0.5, 0.6) is 0 Å². The number of nitrogens with zero attached hydrogens (tertiary/aromatic N) is 2. The van der Waals surface area contributed by atoms with E-state index in [4.69, 9.17) is 10.6 Å². The number of anilines is 2. The predicted octanol–water partition coefficient (Wildman–Crippen LogP) is 1.62. The molecular formula is C10H16F3N5O. The maximum absolute atomic E-state index is 12.6. The first-order valence-corrected chi connectivity index (χ1v) is 5.63. The zero-order chi connectivity index (χ0) is 14.3. The highest BCUT2D eigenvalue weighted by atomic mass is 19.4. The Kier molecular flexibility index (Phi) is 5.77. The number of hydrogen-bond acceptors (Lipinski definition) is 6. The average Bonchev–Trinajstić information content (AvgIpc) is 2.37. The third-order valence-electron chi connectivity index (χ3n) is 2.23. The van der Waals surface area contributed by atoms with Gasteiger partial charge in [-0.15, -0.1) is 0 Å². The van der Waals surface area contributed by atoms with Crippen molar-refractivity contribution < 1.29 is 17.9 Å². The molecule has 6 nitrogen and oxygen atoms in total. The summed E-state index contributed by atoms with van der Waals surface area (Å²) in [5, 5.41) is 2.79. The fourth-order valence-electron chi connectivity index (χ4n) is 1.34. The number of hydrogen-bond donors (Lipinski definition) is 3. The Morgan fingerprint density at radius 1 is 1.32 bits per heavy atom. The van der Waals surface area contributed by atoms with Crippen LogP contribution in [0.15, 0.2) is 6.07 Å². The van der Waals surface area contributed by atoms with E-state index in [1.807, 2.05) is 5.43 Å². The highest BCUT2D eigenvalue weighted by Gasteiger charge is 2.33. The van der Waals surface area contributed by atoms with E-state index >= 15 is 0 Å². The van der Waals surface area contributed by atoms with Crippen LogP contribution in [0.3, 0.4) is 0 Å². The van der Waals surface area contributed by atoms with Crippen molar-refractivity contribution in [1.82, 2.24) is 9.97 Å². The minimum absolute atomic E-state index is 0.0766. The summed E-state index contributed by atoms with van der Waals surface area (Å²) in [6, 6.07) is 0.844. The number of unbranched alkanes of at least 4 members (excludes halogenated alkanes) is 1. The Balaban J connectivity index is 2.67. The van der Waals surface area contributed by atoms with E-state index in [9.17, 15) is 13.2 Å². The van der Waals surface area contributed by atoms with Crippen molar-refractivity contribution in [2.45, 2.75) is 19.0 Å². The van der Waals surface area contributed by atoms with Crippen molar-refractivity contribution in [3.63, 3.8) is 0 Å². The van der Waals surface area contributed by atoms with E-state index in [0.717, 1.165) is 18.9 Å². The van der Waals surface area contributed by atoms with Crippen molar-refractivity contribution in [3.8, 4) is 0 Å². The molecule has 0 aliphatic rings. The summed E-state index contributed by atoms with van der Waals surface area (Å²) in [6.45, 7) is 1.09. The summed E-state index contributed by atoms with van der Waals surface area (Å²) < 4.78 is 42.6. The molecule has 1 aromatic heterocycles. The molecule has 0 spiro atoms. The predicted molar refractivity (Wildman–Crippen MR) is 64.4 cm³/mol. The van der Waals surface area contributed by atoms with Crippen LogP contribution in [0.1, 0.15) is 18.5 Å². The number of nitrogen functional groups attached to an aromatic ring is 1. The third-order valence-corrected chi connectivity index (χ3v) is 2.23. The summed E-state index contributed by atoms with van der Waals surface area (Å²) in [5.74, 6) is 4.83. The van der Waals surface area contributed by atoms with Crippen LogP contribution in [-0.2, 0) is 10.9 Å². The van der Waals surface area contributed by atoms with Crippen molar-refractivity contribution in [2.75, 3.05) is 31.0 Å². The topological polar surface area (TPSA) is 85.1 Å². The maximum atomic E-state index is 12.6. The van der Waals surface area contributed by atoms with Crippen molar-refractivity contribution >= 4 is 11.8 Å². The molecule has 0 radical (unpaired) electrons. The van der Waals surface area contributed by atoms with Gasteiger partial charge in [0.1, 0.15) is 5.82 Å². The van der Waals surface area contributed by atoms with E-state index in [1.54, 1.807) is 7.11 Å². The summed E-state index contributed by atoms with van der Waals surface area (Å²) in [7, 11) is 1.59. The first kappa shape index (κ1) is 15.4. The molecule has 0 atom stereocenters. The van der Waals surface area contributed by atoms with Gasteiger partial charge in [0.2, 0.25) is 5.95 Å². The molecule has 0 amide bonds. The molecule has 4 N–H and O–H groups in total. The van der Waals surface area contributed by atoms with Crippen molar-refractivity contribution in [3.05, 3.63) is 11.8 Å². The molecule has 0 saturated heterocycles. The lowest BCUT2D eigenvalue weighted by molar-refractivity contribution is -0.141. The van der Waals surface area contributed by atoms with E-state index in [-0.39, 0.29) is 11.8 Å². The number of rotatable bonds is 7. The fourth-order valence-corrected chi connectivity index (χ4v) is 1.34. The Labute approximate surface area is 108 Å². The summed E-state index contributed by atoms with van der Waals surface area (Å²) in [6.07, 6.45) is -2.98. The lowest BCUT2D eigenvalue weighted by Crippen LogP contribution is -2.17. The van der Waals surface area contributed by atoms with Crippen molar-refractivity contribution in [1.29, 1.82) is 0 Å². The van der Waals surface area contributed by atoms with Gasteiger partial charge in [0.15, 0.2) is 5.69 Å². The highest BCUT2D eigenvalue weighted by molar-refractivity contribution is 5.42. The smallest absolute Gasteiger partial charge is 0.385 e. The molecule has 1 heterocycles. The number of nitrogens with one attached hydrogen (secondary N) is 2. The van der Waals surface area contributed by atoms with E-state index in [2.05, 4.69) is 15.3 Å². The third kappa shape index (κ3) is 5.26. The second-order valence-corrected chi connectivity index (χ2v) is 3.73. The number of methoxy groups -OCH3 is 1. The summed E-state index contributed by atoms with van der Waals surface area (Å²) in [4.78, 5) is 7.04. The summed E-state index contributed by atoms with van der Waals surface area (Å²) in [5.41, 5.74) is 0.962. The number of halogens is 3. The molecule has 1 aromatic rings. The SMILES string of the molecule is COCCCCNc1cc(C(F)(F)F)nc(NN)n1. The molecular weight excluding hydrogens is 263 g/mol. The minimum Gasteiger partial charge on any atom is -0.385 e. The zero-order valence-electron chi connectivity index (χ0n) is 10.4. The van der Waals surface area contributed by atoms with Gasteiger partial charge in [-0.1, -0.05) is 0 Å². The monoisotopic (exact) mass is 279 g/mol. The molecule has 9 heteroatoms. The lowest BCUT2D eigenvalue weighted by Gasteiger charge is -2.11. The standard InChI is InChI=1S/C10H16F3N5O/c1-19-5-3-2-4-15-8-6-7(10(11,12)13)16-9(17-8)18-14/h6H,2-5,14H2,1H3,(H2,15,16,17,18). The second-order valence-electron chi connectivity index (χ2n) is 3.73. The van der Waals surface area contributed by atoms with Crippen molar-refractivity contribution in [2.24, 2.45) is 5.84 Å². The molecule has 1 rings (SSSR count). The van der Waals surface area contributed by atoms with E-state index in [0.29, 0.717) is 13.2 Å². The lowest BCUT2D eigenvalue weighted by atomic mass is 10.3. The normalized spacial score (nSPS) is 11.4. The van der Waals surface area contributed by atoms with Gasteiger partial charge >= 0.3 is 6.18 Å². The Bertz CT molecular complexity index is 399. The molecule has 0 aliphatic carbocycles. The van der Waals surface area contributed by atoms with Gasteiger partial charge in [0.25, 0.3) is 0 Å². The maximum Gasteiger partial charge on any atom is 0.433 e. The molecule has 0 aromatic carbocycles. The number of nitrogens with two attached hydrogens (primary N) is 1. The molecule has 0 saturated carbocycles. The van der Waals surface area contributed by atoms with Crippen LogP contribution in [0.25, 0.3) is 0 Å². The average molecular weight is 279 g/mol. The summed E-state index contributed by atoms with van der Waals surface area (Å²) >= 11 is 0. The van der Waals surface area contributed by atoms with Gasteiger partial charge in [-0.3, -0.25) is 5.43 Å². The van der Waals surface area contributed by atoms with E-state index in [1.165, 1.54) is 0 Å². The van der Waals surface area contributed by atoms with Gasteiger partial charge in [-0.25, -0.2) is 10.8 Å². The Morgan fingerprint density at radius 3 is 2.63 bits per heavy atom. The van der Waals surface area contributed by atoms with Crippen LogP contribution in [0, 0.1) is 0 Å². The molecule has 0 fully saturated rings. The van der Waals surface area contributed by atoms with Crippen LogP contribution in [0.4, 0.5) is 24.9 Å². The fraction of sp³-hybridized carbons (Fsp3) is 0.600. The Morgan fingerprint density at radius 2 is 2.05 bits per heavy atom. The van der Waals surface area contributed by atoms with Gasteiger partial charge in [-0.2, -0.15) is 18.2 Å². The van der Waals surface area contributed by atoms with Gasteiger partial charge in [0.05, 0.1) is 0 Å². The second kappa shape index (κ2) is 7.10. The molecule has 0 bridgehead atoms. The number of ether oxygens (including phenoxy) is 1. The molecule has 0 unspecified atom stereocenters. The van der Waals surface area contributed by atoms with Crippen LogP contribution >= 0.6 is 0 Å². The molecule has 19 heavy (non-hydrogen) atoms. The number of alkyl halides is 3. The van der Waals surface area contributed by atoms with E-state index < -0.39 is 11.9 Å². The van der Waals surface area contributed by atoms with Gasteiger partial charge in [0, 0.05) is 26.3 Å². The first-order valence-electron chi connectivity index (χ1n) is 5.63. The first-order chi connectivity index (χ1) is 8.97. The van der Waals surface area contributed by atoms with Gasteiger partial charge < -0.3 is 10.1 Å². The zero-order valence-corrected chi connectivity index (χ0v) is 10.4. The molecule has 0 aliphatic heterocycles. The van der Waals surface area contributed by atoms with Gasteiger partial charge in [-0.05, 0) is 12.8 Å². The largest absolute Gasteiger partial charge is 0.433 e. The minimum atomic E-state index is -4.54. The van der Waals surface area contributed by atoms with Crippen LogP contribution in [0.2, 0.25) is 0 Å². The van der Waals surface area contributed by atoms with Crippen LogP contribution in [-0.4, -0.2) is 30.2 Å². The highest BCUT2D eigenvalue weighted by Crippen LogP contribution is 2.29. The number of aromatic nitrogens is 2. The Hall–Kier alpha value is -1.61. The van der Waals surface area contributed by atoms with Crippen LogP contribution < -0.4 is 16.6 Å². The number of hydrazine groups is 1. The quantitative estimate of drug-likeness (QED) is 0.399. The molecule has 108 valence electrons.